The first-order valence-corrected chi connectivity index (χ1v) is 15.5. The Morgan fingerprint density at radius 2 is 1.85 bits per heavy atom. The molecule has 210 valence electrons. The molecule has 1 aromatic carbocycles. The van der Waals surface area contributed by atoms with Gasteiger partial charge in [-0.15, -0.1) is 5.10 Å². The largest absolute Gasteiger partial charge is 0.476 e. The molecule has 3 aromatic rings. The molecule has 2 bridgehead atoms. The van der Waals surface area contributed by atoms with E-state index in [0.717, 1.165) is 27.9 Å². The van der Waals surface area contributed by atoms with Gasteiger partial charge in [-0.05, 0) is 36.7 Å². The van der Waals surface area contributed by atoms with Gasteiger partial charge in [-0.1, -0.05) is 31.3 Å². The molecule has 0 saturated heterocycles. The molecule has 9 nitrogen and oxygen atoms in total. The Morgan fingerprint density at radius 1 is 1.10 bits per heavy atom. The second-order valence-electron chi connectivity index (χ2n) is 10.6. The van der Waals surface area contributed by atoms with Gasteiger partial charge < -0.3 is 18.9 Å². The molecule has 0 atom stereocenters. The molecular weight excluding hydrogens is 533 g/mol. The van der Waals surface area contributed by atoms with Crippen molar-refractivity contribution in [3.8, 4) is 34.4 Å². The molecular formula is C26H31F3N4O5Si. The van der Waals surface area contributed by atoms with Gasteiger partial charge in [0.25, 0.3) is 0 Å². The van der Waals surface area contributed by atoms with Crippen LogP contribution in [0.25, 0.3) is 22.5 Å². The lowest BCUT2D eigenvalue weighted by atomic mass is 9.95. The summed E-state index contributed by atoms with van der Waals surface area (Å²) in [5, 5.41) is 5.45. The maximum atomic E-state index is 12.8. The summed E-state index contributed by atoms with van der Waals surface area (Å²) in [6, 6.07) is 10.0. The number of halogens is 3. The maximum absolute atomic E-state index is 12.8. The van der Waals surface area contributed by atoms with E-state index in [-0.39, 0.29) is 31.1 Å². The van der Waals surface area contributed by atoms with Crippen LogP contribution in [0.5, 0.6) is 11.9 Å². The van der Waals surface area contributed by atoms with E-state index >= 15 is 0 Å². The van der Waals surface area contributed by atoms with Crippen LogP contribution in [-0.4, -0.2) is 66.9 Å². The second kappa shape index (κ2) is 11.0. The molecule has 0 aliphatic carbocycles. The van der Waals surface area contributed by atoms with E-state index in [1.54, 1.807) is 26.1 Å². The lowest BCUT2D eigenvalue weighted by molar-refractivity contribution is -0.155. The van der Waals surface area contributed by atoms with Crippen LogP contribution < -0.4 is 14.7 Å². The van der Waals surface area contributed by atoms with Crippen LogP contribution in [-0.2, 0) is 21.0 Å². The Bertz CT molecular complexity index is 1330. The molecule has 0 spiro atoms. The van der Waals surface area contributed by atoms with E-state index < -0.39 is 26.3 Å². The summed E-state index contributed by atoms with van der Waals surface area (Å²) < 4.78 is 60.7. The maximum Gasteiger partial charge on any atom is 0.422 e. The number of hydrogen-bond acceptors (Lipinski definition) is 8. The Balaban J connectivity index is 1.63. The summed E-state index contributed by atoms with van der Waals surface area (Å²) in [6.45, 7) is 6.89. The van der Waals surface area contributed by atoms with E-state index in [9.17, 15) is 18.0 Å². The molecule has 0 unspecified atom stereocenters. The molecule has 0 radical (unpaired) electrons. The van der Waals surface area contributed by atoms with Gasteiger partial charge in [0.2, 0.25) is 5.88 Å². The lowest BCUT2D eigenvalue weighted by Gasteiger charge is -2.26. The topological polar surface area (TPSA) is 97.6 Å². The summed E-state index contributed by atoms with van der Waals surface area (Å²) in [5.41, 5.74) is 1.70. The number of hydrogen-bond donors (Lipinski definition) is 0. The van der Waals surface area contributed by atoms with E-state index in [4.69, 9.17) is 18.9 Å². The van der Waals surface area contributed by atoms with Crippen molar-refractivity contribution in [3.63, 3.8) is 0 Å². The van der Waals surface area contributed by atoms with Crippen LogP contribution in [0.4, 0.5) is 13.2 Å². The zero-order valence-electron chi connectivity index (χ0n) is 22.5. The Kier molecular flexibility index (Phi) is 8.03. The van der Waals surface area contributed by atoms with Gasteiger partial charge in [-0.2, -0.15) is 22.8 Å². The summed E-state index contributed by atoms with van der Waals surface area (Å²) >= 11 is 0. The number of alkyl halides is 3. The number of esters is 1. The van der Waals surface area contributed by atoms with E-state index in [1.165, 1.54) is 11.8 Å². The fourth-order valence-electron chi connectivity index (χ4n) is 4.10. The Hall–Kier alpha value is -3.45. The SMILES string of the molecule is COC(=O)C(C)(C)COc1ccc(-c2ccc3c(c2)[Si](C)(C)CCOCn2nc-3nc2OCC(F)(F)F)cn1. The van der Waals surface area contributed by atoms with Gasteiger partial charge in [0, 0.05) is 30.0 Å². The first-order chi connectivity index (χ1) is 18.3. The Morgan fingerprint density at radius 3 is 2.51 bits per heavy atom. The summed E-state index contributed by atoms with van der Waals surface area (Å²) in [4.78, 5) is 20.6. The van der Waals surface area contributed by atoms with Crippen molar-refractivity contribution < 1.29 is 36.9 Å². The van der Waals surface area contributed by atoms with Gasteiger partial charge >= 0.3 is 18.2 Å². The minimum Gasteiger partial charge on any atom is -0.476 e. The minimum atomic E-state index is -4.50. The van der Waals surface area contributed by atoms with E-state index in [1.807, 2.05) is 18.2 Å². The van der Waals surface area contributed by atoms with Gasteiger partial charge in [0.1, 0.15) is 13.3 Å². The average Bonchev–Trinajstić information content (AvgIpc) is 3.30. The predicted molar refractivity (Wildman–Crippen MR) is 139 cm³/mol. The van der Waals surface area contributed by atoms with Crippen LogP contribution in [0.2, 0.25) is 19.1 Å². The molecule has 3 heterocycles. The highest BCUT2D eigenvalue weighted by atomic mass is 28.3. The molecule has 13 heteroatoms. The quantitative estimate of drug-likeness (QED) is 0.307. The summed E-state index contributed by atoms with van der Waals surface area (Å²) in [7, 11) is -0.749. The molecule has 0 fully saturated rings. The number of methoxy groups -OCH3 is 1. The van der Waals surface area contributed by atoms with Crippen LogP contribution in [0, 0.1) is 5.41 Å². The highest BCUT2D eigenvalue weighted by Gasteiger charge is 2.33. The van der Waals surface area contributed by atoms with Gasteiger partial charge in [0.05, 0.1) is 20.6 Å². The van der Waals surface area contributed by atoms with Crippen molar-refractivity contribution in [3.05, 3.63) is 36.5 Å². The molecule has 39 heavy (non-hydrogen) atoms. The van der Waals surface area contributed by atoms with Crippen LogP contribution in [0.1, 0.15) is 13.8 Å². The first-order valence-electron chi connectivity index (χ1n) is 12.3. The normalized spacial score (nSPS) is 15.3. The fraction of sp³-hybridized carbons (Fsp3) is 0.462. The van der Waals surface area contributed by atoms with E-state index in [0.29, 0.717) is 12.5 Å². The summed E-state index contributed by atoms with van der Waals surface area (Å²) in [6.07, 6.45) is -2.81. The molecule has 0 amide bonds. The first kappa shape index (κ1) is 28.6. The third-order valence-electron chi connectivity index (χ3n) is 6.47. The minimum absolute atomic E-state index is 0.0466. The second-order valence-corrected chi connectivity index (χ2v) is 15.4. The van der Waals surface area contributed by atoms with Crippen LogP contribution >= 0.6 is 0 Å². The van der Waals surface area contributed by atoms with Crippen LogP contribution in [0.15, 0.2) is 36.5 Å². The number of carbonyl (C=O) groups excluding carboxylic acids is 1. The van der Waals surface area contributed by atoms with Gasteiger partial charge in [0.15, 0.2) is 12.4 Å². The van der Waals surface area contributed by atoms with Gasteiger partial charge in [-0.3, -0.25) is 4.79 Å². The van der Waals surface area contributed by atoms with Crippen molar-refractivity contribution in [2.24, 2.45) is 5.41 Å². The predicted octanol–water partition coefficient (Wildman–Crippen LogP) is 4.43. The number of fused-ring (bicyclic) bond motifs is 4. The van der Waals surface area contributed by atoms with Crippen molar-refractivity contribution in [1.29, 1.82) is 0 Å². The standard InChI is InChI=1S/C26H31F3N4O5Si/c1-25(2,23(34)35-3)14-37-21-9-7-18(13-30-21)17-6-8-19-20(12-17)39(4,5)11-10-36-16-33-24(31-22(19)32-33)38-15-26(27,28)29/h6-9,12-13H,10-11,14-16H2,1-5H3. The summed E-state index contributed by atoms with van der Waals surface area (Å²) in [5.74, 6) is 0.291. The van der Waals surface area contributed by atoms with Crippen LogP contribution in [0.3, 0.4) is 0 Å². The van der Waals surface area contributed by atoms with Gasteiger partial charge in [-0.25, -0.2) is 4.98 Å². The van der Waals surface area contributed by atoms with E-state index in [2.05, 4.69) is 34.2 Å². The number of ether oxygens (including phenoxy) is 4. The molecule has 0 saturated carbocycles. The van der Waals surface area contributed by atoms with Crippen molar-refractivity contribution in [2.45, 2.75) is 45.9 Å². The molecule has 0 N–H and O–H groups in total. The molecule has 4 rings (SSSR count). The van der Waals surface area contributed by atoms with Crippen molar-refractivity contribution in [2.75, 3.05) is 26.9 Å². The van der Waals surface area contributed by atoms with Crippen molar-refractivity contribution >= 4 is 19.2 Å². The molecule has 1 aliphatic rings. The third-order valence-corrected chi connectivity index (χ3v) is 9.79. The van der Waals surface area contributed by atoms with Crippen molar-refractivity contribution in [1.82, 2.24) is 19.7 Å². The zero-order chi connectivity index (χ0) is 28.4. The number of carbonyl (C=O) groups is 1. The Labute approximate surface area is 225 Å². The zero-order valence-corrected chi connectivity index (χ0v) is 23.5. The number of aromatic nitrogens is 4. The number of rotatable bonds is 7. The number of benzene rings is 1. The number of pyridine rings is 1. The lowest BCUT2D eigenvalue weighted by Crippen LogP contribution is -2.43. The number of nitrogens with zero attached hydrogens (tertiary/aromatic N) is 4. The monoisotopic (exact) mass is 564 g/mol. The highest BCUT2D eigenvalue weighted by Crippen LogP contribution is 2.29. The highest BCUT2D eigenvalue weighted by molar-refractivity contribution is 6.90. The average molecular weight is 565 g/mol. The molecule has 1 aliphatic heterocycles. The molecule has 2 aromatic heterocycles. The third kappa shape index (κ3) is 6.77. The smallest absolute Gasteiger partial charge is 0.422 e. The fourth-order valence-corrected chi connectivity index (χ4v) is 6.49.